The van der Waals surface area contributed by atoms with E-state index < -0.39 is 0 Å². The van der Waals surface area contributed by atoms with E-state index in [1.165, 1.54) is 5.39 Å². The van der Waals surface area contributed by atoms with E-state index in [9.17, 15) is 61.3 Å². The molecule has 0 aliphatic rings. The van der Waals surface area contributed by atoms with Crippen molar-refractivity contribution in [1.82, 2.24) is 59.8 Å². The Balaban J connectivity index is 0.000000118. The second-order valence-corrected chi connectivity index (χ2v) is 33.9. The molecule has 0 atom stereocenters. The summed E-state index contributed by atoms with van der Waals surface area (Å²) in [4.78, 5) is 54.2. The van der Waals surface area contributed by atoms with Gasteiger partial charge in [0.15, 0.2) is 46.6 Å². The van der Waals surface area contributed by atoms with Crippen molar-refractivity contribution in [2.24, 2.45) is 0 Å². The summed E-state index contributed by atoms with van der Waals surface area (Å²) >= 11 is 0. The van der Waals surface area contributed by atoms with E-state index in [2.05, 4.69) is 145 Å². The van der Waals surface area contributed by atoms with Crippen LogP contribution in [0.1, 0.15) is 55.4 Å². The molecule has 0 fully saturated rings. The summed E-state index contributed by atoms with van der Waals surface area (Å²) < 4.78 is 23.2. The number of aromatic nitrogens is 12. The lowest BCUT2D eigenvalue weighted by atomic mass is 9.92. The van der Waals surface area contributed by atoms with Crippen LogP contribution in [-0.2, 0) is 0 Å². The fraction of sp³-hybridized carbons (Fsp3) is 0.109. The van der Waals surface area contributed by atoms with Crippen molar-refractivity contribution in [3.05, 3.63) is 279 Å². The van der Waals surface area contributed by atoms with Crippen molar-refractivity contribution in [2.75, 3.05) is 0 Å². The van der Waals surface area contributed by atoms with Crippen molar-refractivity contribution in [2.45, 2.75) is 79.8 Å². The van der Waals surface area contributed by atoms with Crippen LogP contribution in [0.5, 0.6) is 93.0 Å². The Hall–Kier alpha value is -18.3. The lowest BCUT2D eigenvalue weighted by Gasteiger charge is -2.15. The first-order chi connectivity index (χ1) is 66.6. The first-order valence-electron chi connectivity index (χ1n) is 44.1. The number of nitrogens with zero attached hydrogens (tertiary/aromatic N) is 12. The first-order valence-corrected chi connectivity index (χ1v) is 44.1. The number of rotatable bonds is 16. The first kappa shape index (κ1) is 88.9. The summed E-state index contributed by atoms with van der Waals surface area (Å²) in [6, 6.07) is 86.4. The number of phenols is 12. The van der Waals surface area contributed by atoms with Crippen molar-refractivity contribution in [3.8, 4) is 184 Å². The highest BCUT2D eigenvalue weighted by molar-refractivity contribution is 6.26. The number of phenolic OH excluding ortho intramolecular Hbond substituents is 12. The van der Waals surface area contributed by atoms with Crippen LogP contribution >= 0.6 is 0 Å². The molecule has 28 nitrogen and oxygen atoms in total. The molecule has 4 heterocycles. The Labute approximate surface area is 786 Å². The Morgan fingerprint density at radius 1 is 0.174 bits per heavy atom. The number of benzene rings is 18. The lowest BCUT2D eigenvalue weighted by Crippen LogP contribution is -2.10. The highest BCUT2D eigenvalue weighted by Gasteiger charge is 2.29. The maximum atomic E-state index is 10.5. The summed E-state index contributed by atoms with van der Waals surface area (Å²) in [5.74, 6) is -2.50. The Morgan fingerprint density at radius 3 is 0.819 bits per heavy atom. The van der Waals surface area contributed by atoms with Gasteiger partial charge in [0.1, 0.15) is 91.2 Å². The summed E-state index contributed by atoms with van der Waals surface area (Å²) in [5.41, 5.74) is 3.01. The third kappa shape index (κ3) is 17.6. The van der Waals surface area contributed by atoms with Crippen molar-refractivity contribution >= 4 is 108 Å². The van der Waals surface area contributed by atoms with Crippen LogP contribution in [0.25, 0.3) is 199 Å². The van der Waals surface area contributed by atoms with Gasteiger partial charge in [-0.1, -0.05) is 206 Å². The summed E-state index contributed by atoms with van der Waals surface area (Å²) in [5, 5.41) is 144. The van der Waals surface area contributed by atoms with Gasteiger partial charge in [0.05, 0.1) is 24.4 Å². The van der Waals surface area contributed by atoms with E-state index in [1.807, 2.05) is 201 Å². The van der Waals surface area contributed by atoms with E-state index in [0.717, 1.165) is 173 Å². The van der Waals surface area contributed by atoms with Crippen LogP contribution in [-0.4, -0.2) is 146 Å². The Morgan fingerprint density at radius 2 is 0.428 bits per heavy atom. The van der Waals surface area contributed by atoms with Crippen molar-refractivity contribution in [1.29, 1.82) is 0 Å². The van der Waals surface area contributed by atoms with E-state index in [4.69, 9.17) is 18.9 Å². The van der Waals surface area contributed by atoms with E-state index in [1.54, 1.807) is 0 Å². The molecular formula is C110H86N12O16. The van der Waals surface area contributed by atoms with Gasteiger partial charge >= 0.3 is 24.0 Å². The molecule has 0 amide bonds. The van der Waals surface area contributed by atoms with Crippen LogP contribution in [0, 0.1) is 0 Å². The molecule has 0 spiro atoms. The van der Waals surface area contributed by atoms with Gasteiger partial charge < -0.3 is 80.2 Å². The zero-order chi connectivity index (χ0) is 96.2. The Bertz CT molecular complexity index is 8400. The SMILES string of the molecule is CC(C)Oc1nc(-c2c(O)cc(O)cc2O)nc(-c2c3ccccc3cc3ccccc23)n1.CC(C)Oc1nc(-c2c(O)cc(O)cc2O)nc(-c2cc3c4ccccc4ccc3c3ccccc23)n1.CC(C)Oc1nc(-c2c(O)cc(O)cc2O)nc(-c2cc3ccccc3c3ccccc23)n1.CC(C)Oc1nc(-c2c(O)cc(O)cc2O)nc(-c2ccc3ccc4cccc5ccc2c3c45)n1. The van der Waals surface area contributed by atoms with Crippen molar-refractivity contribution < 1.29 is 80.2 Å². The average Bonchev–Trinajstić information content (AvgIpc) is 0.724. The summed E-state index contributed by atoms with van der Waals surface area (Å²) in [6.07, 6.45) is -0.841. The summed E-state index contributed by atoms with van der Waals surface area (Å²) in [6.45, 7) is 14.8. The molecule has 0 saturated heterocycles. The molecule has 4 aromatic heterocycles. The maximum absolute atomic E-state index is 10.5. The molecule has 22 rings (SSSR count). The number of hydrogen-bond acceptors (Lipinski definition) is 28. The molecule has 0 aliphatic heterocycles. The molecule has 22 aromatic rings. The standard InChI is InChI=1S/C30H23N3O4.C28H21N3O4.2C26H21N3O4/c1-16(2)37-30-32-28(31-29(33-30)27-25(35)13-18(34)14-26(27)36)24-15-23-19-8-4-3-7-17(19)11-12-22(23)20-9-5-6-10-21(20)24;1-14(2)35-28-30-26(29-27(31-28)25-21(33)12-18(32)13-22(25)34)20-11-9-17-7-6-15-4-3-5-16-8-10-19(20)24(17)23(15)16;1-14(2)33-26-28-24(27-25(29-26)23-20(31)12-17(30)13-21(23)32)22-18-9-5-3-7-15(18)11-16-8-4-6-10-19(16)22;1-14(2)33-26-28-24(27-25(29-26)23-21(31)12-16(30)13-22(23)32)20-11-15-7-3-4-8-17(15)18-9-5-6-10-19(18)20/h3-16,34-36H,1-2H3;3-14,32-34H,1-2H3;2*3-14,30-32H,1-2H3. The fourth-order valence-corrected chi connectivity index (χ4v) is 17.2. The number of fused-ring (bicyclic) bond motifs is 10. The number of aromatic hydroxyl groups is 12. The van der Waals surface area contributed by atoms with Crippen LogP contribution < -0.4 is 18.9 Å². The van der Waals surface area contributed by atoms with Crippen LogP contribution in [0.4, 0.5) is 0 Å². The predicted molar refractivity (Wildman–Crippen MR) is 532 cm³/mol. The normalized spacial score (nSPS) is 11.5. The minimum absolute atomic E-state index is 0.0160. The fourth-order valence-electron chi connectivity index (χ4n) is 17.2. The molecule has 18 aromatic carbocycles. The molecule has 0 aliphatic carbocycles. The molecular weight excluding hydrogens is 1750 g/mol. The van der Waals surface area contributed by atoms with E-state index >= 15 is 0 Å². The van der Waals surface area contributed by atoms with Gasteiger partial charge in [0, 0.05) is 70.8 Å². The van der Waals surface area contributed by atoms with Crippen molar-refractivity contribution in [3.63, 3.8) is 0 Å². The number of hydrogen-bond donors (Lipinski definition) is 12. The molecule has 0 radical (unpaired) electrons. The second-order valence-electron chi connectivity index (χ2n) is 33.9. The molecule has 12 N–H and O–H groups in total. The highest BCUT2D eigenvalue weighted by atomic mass is 16.5. The van der Waals surface area contributed by atoms with Gasteiger partial charge in [-0.25, -0.2) is 19.9 Å². The van der Waals surface area contributed by atoms with Crippen LogP contribution in [0.2, 0.25) is 0 Å². The molecule has 0 bridgehead atoms. The van der Waals surface area contributed by atoms with Gasteiger partial charge in [-0.3, -0.25) is 0 Å². The highest BCUT2D eigenvalue weighted by Crippen LogP contribution is 2.49. The van der Waals surface area contributed by atoms with Gasteiger partial charge in [0.2, 0.25) is 0 Å². The Kier molecular flexibility index (Phi) is 23.6. The van der Waals surface area contributed by atoms with E-state index in [-0.39, 0.29) is 163 Å². The average molecular weight is 1830 g/mol. The van der Waals surface area contributed by atoms with Gasteiger partial charge in [-0.05, 0) is 187 Å². The zero-order valence-electron chi connectivity index (χ0n) is 75.2. The maximum Gasteiger partial charge on any atom is 0.320 e. The van der Waals surface area contributed by atoms with Gasteiger partial charge in [-0.2, -0.15) is 39.9 Å². The monoisotopic (exact) mass is 1830 g/mol. The van der Waals surface area contributed by atoms with E-state index in [0.29, 0.717) is 23.3 Å². The summed E-state index contributed by atoms with van der Waals surface area (Å²) in [7, 11) is 0. The minimum Gasteiger partial charge on any atom is -0.508 e. The zero-order valence-corrected chi connectivity index (χ0v) is 75.2. The third-order valence-electron chi connectivity index (χ3n) is 22.8. The molecule has 138 heavy (non-hydrogen) atoms. The van der Waals surface area contributed by atoms with Crippen LogP contribution in [0.3, 0.4) is 0 Å². The molecule has 682 valence electrons. The molecule has 0 unspecified atom stereocenters. The van der Waals surface area contributed by atoms with Gasteiger partial charge in [-0.15, -0.1) is 0 Å². The molecule has 28 heteroatoms. The minimum atomic E-state index is -0.362. The molecule has 0 saturated carbocycles. The predicted octanol–water partition coefficient (Wildman–Crippen LogP) is 23.4. The lowest BCUT2D eigenvalue weighted by molar-refractivity contribution is 0.221. The van der Waals surface area contributed by atoms with Gasteiger partial charge in [0.25, 0.3) is 0 Å². The number of ether oxygens (including phenoxy) is 4. The topological polar surface area (TPSA) is 434 Å². The smallest absolute Gasteiger partial charge is 0.320 e. The third-order valence-corrected chi connectivity index (χ3v) is 22.8. The van der Waals surface area contributed by atoms with Crippen LogP contribution in [0.15, 0.2) is 279 Å². The largest absolute Gasteiger partial charge is 0.508 e. The second kappa shape index (κ2) is 36.7. The quantitative estimate of drug-likeness (QED) is 0.0316.